The number of ether oxygens (including phenoxy) is 1. The summed E-state index contributed by atoms with van der Waals surface area (Å²) in [6, 6.07) is -0.553. The number of rotatable bonds is 4. The van der Waals surface area contributed by atoms with E-state index in [0.29, 0.717) is 6.61 Å². The fraction of sp³-hybridized carbons (Fsp3) is 0.818. The SMILES string of the molecule is CCOC(=O)C(C)NC(=O)C1CCNCC1.Cl. The number of carbonyl (C=O) groups excluding carboxylic acids is 2. The van der Waals surface area contributed by atoms with E-state index in [-0.39, 0.29) is 30.2 Å². The van der Waals surface area contributed by atoms with E-state index in [9.17, 15) is 9.59 Å². The maximum atomic E-state index is 11.8. The molecule has 1 fully saturated rings. The first-order chi connectivity index (χ1) is 7.65. The van der Waals surface area contributed by atoms with Crippen molar-refractivity contribution in [3.05, 3.63) is 0 Å². The van der Waals surface area contributed by atoms with E-state index < -0.39 is 6.04 Å². The van der Waals surface area contributed by atoms with Gasteiger partial charge in [-0.15, -0.1) is 12.4 Å². The predicted molar refractivity (Wildman–Crippen MR) is 67.1 cm³/mol. The van der Waals surface area contributed by atoms with Crippen molar-refractivity contribution in [3.8, 4) is 0 Å². The average Bonchev–Trinajstić information content (AvgIpc) is 2.30. The van der Waals surface area contributed by atoms with Crippen molar-refractivity contribution in [1.82, 2.24) is 10.6 Å². The largest absolute Gasteiger partial charge is 0.464 e. The van der Waals surface area contributed by atoms with Crippen molar-refractivity contribution < 1.29 is 14.3 Å². The summed E-state index contributed by atoms with van der Waals surface area (Å²) < 4.78 is 4.83. The van der Waals surface area contributed by atoms with Gasteiger partial charge in [0.05, 0.1) is 6.61 Å². The predicted octanol–water partition coefficient (Wildman–Crippen LogP) is 0.476. The topological polar surface area (TPSA) is 67.4 Å². The van der Waals surface area contributed by atoms with Gasteiger partial charge in [0.2, 0.25) is 5.91 Å². The fourth-order valence-electron chi connectivity index (χ4n) is 1.74. The maximum Gasteiger partial charge on any atom is 0.328 e. The van der Waals surface area contributed by atoms with Crippen LogP contribution in [-0.2, 0) is 14.3 Å². The van der Waals surface area contributed by atoms with Crippen LogP contribution in [0.2, 0.25) is 0 Å². The molecule has 0 aromatic heterocycles. The Kier molecular flexibility index (Phi) is 7.91. The molecule has 17 heavy (non-hydrogen) atoms. The van der Waals surface area contributed by atoms with Gasteiger partial charge in [-0.2, -0.15) is 0 Å². The number of hydrogen-bond acceptors (Lipinski definition) is 4. The second kappa shape index (κ2) is 8.31. The Morgan fingerprint density at radius 1 is 1.41 bits per heavy atom. The van der Waals surface area contributed by atoms with Crippen molar-refractivity contribution in [2.24, 2.45) is 5.92 Å². The fourth-order valence-corrected chi connectivity index (χ4v) is 1.74. The first kappa shape index (κ1) is 16.2. The van der Waals surface area contributed by atoms with Crippen molar-refractivity contribution in [2.75, 3.05) is 19.7 Å². The molecular weight excluding hydrogens is 244 g/mol. The van der Waals surface area contributed by atoms with E-state index in [0.717, 1.165) is 25.9 Å². The minimum Gasteiger partial charge on any atom is -0.464 e. The molecule has 1 aliphatic heterocycles. The average molecular weight is 265 g/mol. The maximum absolute atomic E-state index is 11.8. The molecule has 0 radical (unpaired) electrons. The Bertz CT molecular complexity index is 255. The zero-order valence-corrected chi connectivity index (χ0v) is 11.1. The smallest absolute Gasteiger partial charge is 0.328 e. The molecule has 1 saturated heterocycles. The summed E-state index contributed by atoms with van der Waals surface area (Å²) >= 11 is 0. The van der Waals surface area contributed by atoms with Crippen molar-refractivity contribution in [1.29, 1.82) is 0 Å². The molecule has 1 aliphatic rings. The minimum absolute atomic E-state index is 0. The Labute approximate surface area is 108 Å². The van der Waals surface area contributed by atoms with Crippen LogP contribution in [0.5, 0.6) is 0 Å². The van der Waals surface area contributed by atoms with Crippen LogP contribution in [0, 0.1) is 5.92 Å². The Morgan fingerprint density at radius 2 is 2.00 bits per heavy atom. The highest BCUT2D eigenvalue weighted by Crippen LogP contribution is 2.11. The summed E-state index contributed by atoms with van der Waals surface area (Å²) in [7, 11) is 0. The van der Waals surface area contributed by atoms with Gasteiger partial charge in [0.1, 0.15) is 6.04 Å². The highest BCUT2D eigenvalue weighted by atomic mass is 35.5. The van der Waals surface area contributed by atoms with E-state index >= 15 is 0 Å². The van der Waals surface area contributed by atoms with Gasteiger partial charge in [0.15, 0.2) is 0 Å². The van der Waals surface area contributed by atoms with Gasteiger partial charge in [-0.1, -0.05) is 0 Å². The lowest BCUT2D eigenvalue weighted by Gasteiger charge is -2.23. The molecule has 1 unspecified atom stereocenters. The molecule has 1 amide bonds. The molecular formula is C11H21ClN2O3. The molecule has 0 aliphatic carbocycles. The molecule has 2 N–H and O–H groups in total. The Balaban J connectivity index is 0.00000256. The first-order valence-electron chi connectivity index (χ1n) is 5.83. The molecule has 0 aromatic rings. The molecule has 1 heterocycles. The normalized spacial score (nSPS) is 17.8. The van der Waals surface area contributed by atoms with E-state index in [1.165, 1.54) is 0 Å². The second-order valence-electron chi connectivity index (χ2n) is 4.01. The third-order valence-corrected chi connectivity index (χ3v) is 2.71. The third kappa shape index (κ3) is 5.37. The van der Waals surface area contributed by atoms with Crippen LogP contribution in [0.15, 0.2) is 0 Å². The van der Waals surface area contributed by atoms with Crippen molar-refractivity contribution in [3.63, 3.8) is 0 Å². The van der Waals surface area contributed by atoms with Crippen LogP contribution < -0.4 is 10.6 Å². The minimum atomic E-state index is -0.553. The number of halogens is 1. The molecule has 1 rings (SSSR count). The summed E-state index contributed by atoms with van der Waals surface area (Å²) in [5.41, 5.74) is 0. The Morgan fingerprint density at radius 3 is 2.53 bits per heavy atom. The van der Waals surface area contributed by atoms with E-state index in [2.05, 4.69) is 10.6 Å². The summed E-state index contributed by atoms with van der Waals surface area (Å²) in [5.74, 6) is -0.384. The first-order valence-corrected chi connectivity index (χ1v) is 5.83. The highest BCUT2D eigenvalue weighted by Gasteiger charge is 2.24. The number of carbonyl (C=O) groups is 2. The van der Waals surface area contributed by atoms with Crippen LogP contribution in [0.1, 0.15) is 26.7 Å². The Hall–Kier alpha value is -0.810. The number of piperidine rings is 1. The zero-order chi connectivity index (χ0) is 12.0. The summed E-state index contributed by atoms with van der Waals surface area (Å²) in [4.78, 5) is 23.1. The second-order valence-corrected chi connectivity index (χ2v) is 4.01. The van der Waals surface area contributed by atoms with Gasteiger partial charge in [-0.05, 0) is 39.8 Å². The van der Waals surface area contributed by atoms with Gasteiger partial charge in [0.25, 0.3) is 0 Å². The van der Waals surface area contributed by atoms with Crippen LogP contribution in [0.4, 0.5) is 0 Å². The highest BCUT2D eigenvalue weighted by molar-refractivity contribution is 5.85. The van der Waals surface area contributed by atoms with Crippen molar-refractivity contribution >= 4 is 24.3 Å². The van der Waals surface area contributed by atoms with Crippen molar-refractivity contribution in [2.45, 2.75) is 32.7 Å². The molecule has 0 bridgehead atoms. The van der Waals surface area contributed by atoms with E-state index in [4.69, 9.17) is 4.74 Å². The van der Waals surface area contributed by atoms with Crippen LogP contribution >= 0.6 is 12.4 Å². The summed E-state index contributed by atoms with van der Waals surface area (Å²) in [6.45, 7) is 5.47. The lowest BCUT2D eigenvalue weighted by Crippen LogP contribution is -2.45. The van der Waals surface area contributed by atoms with Crippen LogP contribution in [-0.4, -0.2) is 37.6 Å². The zero-order valence-electron chi connectivity index (χ0n) is 10.3. The third-order valence-electron chi connectivity index (χ3n) is 2.71. The quantitative estimate of drug-likeness (QED) is 0.725. The molecule has 1 atom stereocenters. The van der Waals surface area contributed by atoms with Gasteiger partial charge < -0.3 is 15.4 Å². The van der Waals surface area contributed by atoms with Crippen LogP contribution in [0.25, 0.3) is 0 Å². The van der Waals surface area contributed by atoms with Gasteiger partial charge in [-0.25, -0.2) is 4.79 Å². The number of hydrogen-bond donors (Lipinski definition) is 2. The summed E-state index contributed by atoms with van der Waals surface area (Å²) in [5, 5.41) is 5.89. The number of esters is 1. The van der Waals surface area contributed by atoms with Crippen LogP contribution in [0.3, 0.4) is 0 Å². The number of nitrogens with one attached hydrogen (secondary N) is 2. The lowest BCUT2D eigenvalue weighted by molar-refractivity contribution is -0.147. The number of amides is 1. The van der Waals surface area contributed by atoms with E-state index in [1.807, 2.05) is 0 Å². The standard InChI is InChI=1S/C11H20N2O3.ClH/c1-3-16-11(15)8(2)13-10(14)9-4-6-12-7-5-9;/h8-9,12H,3-7H2,1-2H3,(H,13,14);1H. The van der Waals surface area contributed by atoms with Gasteiger partial charge in [-0.3, -0.25) is 4.79 Å². The molecule has 0 spiro atoms. The lowest BCUT2D eigenvalue weighted by atomic mass is 9.97. The molecule has 0 aromatic carbocycles. The molecule has 0 saturated carbocycles. The summed E-state index contributed by atoms with van der Waals surface area (Å²) in [6.07, 6.45) is 1.67. The monoisotopic (exact) mass is 264 g/mol. The van der Waals surface area contributed by atoms with Gasteiger partial charge in [0, 0.05) is 5.92 Å². The van der Waals surface area contributed by atoms with E-state index in [1.54, 1.807) is 13.8 Å². The molecule has 6 heteroatoms. The molecule has 100 valence electrons. The van der Waals surface area contributed by atoms with Gasteiger partial charge >= 0.3 is 5.97 Å². The molecule has 5 nitrogen and oxygen atoms in total.